The van der Waals surface area contributed by atoms with Crippen LogP contribution in [-0.2, 0) is 9.53 Å². The average Bonchev–Trinajstić information content (AvgIpc) is 2.98. The molecule has 0 spiro atoms. The molecule has 7 heteroatoms. The molecule has 6 nitrogen and oxygen atoms in total. The van der Waals surface area contributed by atoms with Gasteiger partial charge in [-0.25, -0.2) is 14.8 Å². The van der Waals surface area contributed by atoms with E-state index in [0.717, 1.165) is 5.56 Å². The van der Waals surface area contributed by atoms with Crippen LogP contribution in [-0.4, -0.2) is 40.6 Å². The predicted molar refractivity (Wildman–Crippen MR) is 107 cm³/mol. The number of esters is 1. The second-order valence-corrected chi connectivity index (χ2v) is 6.52. The molecule has 0 radical (unpaired) electrons. The summed E-state index contributed by atoms with van der Waals surface area (Å²) in [7, 11) is 1.34. The lowest BCUT2D eigenvalue weighted by Gasteiger charge is -2.12. The molecule has 0 N–H and O–H groups in total. The van der Waals surface area contributed by atoms with Gasteiger partial charge in [0.05, 0.1) is 17.6 Å². The first-order chi connectivity index (χ1) is 13.1. The molecule has 136 valence electrons. The molecule has 3 rings (SSSR count). The third-order valence-electron chi connectivity index (χ3n) is 3.69. The zero-order chi connectivity index (χ0) is 19.2. The molecule has 1 amide bonds. The minimum absolute atomic E-state index is 0.147. The monoisotopic (exact) mass is 379 g/mol. The minimum atomic E-state index is -0.401. The number of hydrogen-bond donors (Lipinski definition) is 0. The number of benzene rings is 1. The number of methoxy groups -OCH3 is 1. The van der Waals surface area contributed by atoms with Crippen molar-refractivity contribution in [2.45, 2.75) is 0 Å². The van der Waals surface area contributed by atoms with Crippen LogP contribution < -0.4 is 0 Å². The van der Waals surface area contributed by atoms with Crippen molar-refractivity contribution in [3.8, 4) is 0 Å². The number of pyridine rings is 1. The van der Waals surface area contributed by atoms with Gasteiger partial charge in [0.1, 0.15) is 0 Å². The average molecular weight is 379 g/mol. The van der Waals surface area contributed by atoms with Crippen LogP contribution in [0.4, 0.5) is 5.82 Å². The maximum absolute atomic E-state index is 12.7. The highest BCUT2D eigenvalue weighted by Gasteiger charge is 2.32. The summed E-state index contributed by atoms with van der Waals surface area (Å²) in [5, 5.41) is 0.552. The van der Waals surface area contributed by atoms with Gasteiger partial charge >= 0.3 is 5.97 Å². The molecule has 0 bridgehead atoms. The van der Waals surface area contributed by atoms with Gasteiger partial charge in [-0.05, 0) is 47.7 Å². The van der Waals surface area contributed by atoms with E-state index in [9.17, 15) is 9.59 Å². The highest BCUT2D eigenvalue weighted by molar-refractivity contribution is 8.18. The normalized spacial score (nSPS) is 16.8. The first-order valence-electron chi connectivity index (χ1n) is 8.13. The summed E-state index contributed by atoms with van der Waals surface area (Å²) in [5.74, 6) is -0.0142. The van der Waals surface area contributed by atoms with Crippen LogP contribution in [0, 0.1) is 0 Å². The van der Waals surface area contributed by atoms with E-state index in [1.54, 1.807) is 53.6 Å². The van der Waals surface area contributed by atoms with Crippen molar-refractivity contribution in [2.24, 2.45) is 4.99 Å². The van der Waals surface area contributed by atoms with Crippen LogP contribution in [0.25, 0.3) is 6.08 Å². The van der Waals surface area contributed by atoms with Crippen molar-refractivity contribution in [3.05, 3.63) is 77.3 Å². The number of aromatic nitrogens is 1. The van der Waals surface area contributed by atoms with E-state index in [4.69, 9.17) is 0 Å². The fourth-order valence-electron chi connectivity index (χ4n) is 2.38. The predicted octanol–water partition coefficient (Wildman–Crippen LogP) is 3.66. The largest absolute Gasteiger partial charge is 0.465 e. The Kier molecular flexibility index (Phi) is 5.83. The minimum Gasteiger partial charge on any atom is -0.465 e. The number of amidine groups is 1. The molecule has 1 aromatic carbocycles. The number of thioether (sulfide) groups is 1. The lowest BCUT2D eigenvalue weighted by molar-refractivity contribution is -0.121. The molecule has 1 aliphatic heterocycles. The Balaban J connectivity index is 1.88. The Morgan fingerprint density at radius 1 is 1.30 bits per heavy atom. The Hall–Kier alpha value is -3.19. The molecule has 1 aliphatic rings. The lowest BCUT2D eigenvalue weighted by Crippen LogP contribution is -2.29. The van der Waals surface area contributed by atoms with Crippen LogP contribution in [0.15, 0.2) is 71.2 Å². The van der Waals surface area contributed by atoms with Crippen LogP contribution >= 0.6 is 11.8 Å². The SMILES string of the molecule is C=CCN1C(=O)/C(=C/c2ccc(C(=O)OC)cc2)S/C1=N/c1ccccn1. The number of aliphatic imine (C=N–C) groups is 1. The summed E-state index contributed by atoms with van der Waals surface area (Å²) in [6.07, 6.45) is 5.07. The van der Waals surface area contributed by atoms with E-state index in [1.165, 1.54) is 18.9 Å². The molecule has 1 aromatic heterocycles. The fraction of sp³-hybridized carbons (Fsp3) is 0.100. The third-order valence-corrected chi connectivity index (χ3v) is 4.70. The molecule has 0 aliphatic carbocycles. The second-order valence-electron chi connectivity index (χ2n) is 5.51. The van der Waals surface area contributed by atoms with Gasteiger partial charge in [0.25, 0.3) is 5.91 Å². The van der Waals surface area contributed by atoms with E-state index < -0.39 is 5.97 Å². The Bertz CT molecular complexity index is 921. The number of hydrogen-bond acceptors (Lipinski definition) is 6. The summed E-state index contributed by atoms with van der Waals surface area (Å²) in [5.41, 5.74) is 1.26. The molecule has 1 fully saturated rings. The van der Waals surface area contributed by atoms with Gasteiger partial charge in [-0.15, -0.1) is 6.58 Å². The quantitative estimate of drug-likeness (QED) is 0.450. The van der Waals surface area contributed by atoms with Crippen LogP contribution in [0.1, 0.15) is 15.9 Å². The molecule has 1 saturated heterocycles. The molecule has 0 saturated carbocycles. The van der Waals surface area contributed by atoms with E-state index in [2.05, 4.69) is 21.3 Å². The molecule has 2 heterocycles. The van der Waals surface area contributed by atoms with Gasteiger partial charge in [-0.1, -0.05) is 24.3 Å². The van der Waals surface area contributed by atoms with Crippen molar-refractivity contribution in [3.63, 3.8) is 0 Å². The third kappa shape index (κ3) is 4.32. The van der Waals surface area contributed by atoms with Crippen molar-refractivity contribution < 1.29 is 14.3 Å². The molecule has 0 atom stereocenters. The maximum atomic E-state index is 12.7. The smallest absolute Gasteiger partial charge is 0.337 e. The summed E-state index contributed by atoms with van der Waals surface area (Å²) in [6.45, 7) is 4.06. The van der Waals surface area contributed by atoms with Gasteiger partial charge in [0.2, 0.25) is 0 Å². The van der Waals surface area contributed by atoms with Gasteiger partial charge in [0, 0.05) is 12.7 Å². The molecular formula is C20H17N3O3S. The second kappa shape index (κ2) is 8.46. The number of amides is 1. The first kappa shape index (κ1) is 18.6. The van der Waals surface area contributed by atoms with E-state index in [0.29, 0.717) is 28.0 Å². The van der Waals surface area contributed by atoms with Crippen LogP contribution in [0.2, 0.25) is 0 Å². The van der Waals surface area contributed by atoms with E-state index in [1.807, 2.05) is 12.1 Å². The number of carbonyl (C=O) groups is 2. The summed E-state index contributed by atoms with van der Waals surface area (Å²) in [4.78, 5) is 35.0. The standard InChI is InChI=1S/C20H17N3O3S/c1-3-12-23-18(24)16(27-20(23)22-17-6-4-5-11-21-17)13-14-7-9-15(10-8-14)19(25)26-2/h3-11,13H,1,12H2,2H3/b16-13-,22-20+. The zero-order valence-electron chi connectivity index (χ0n) is 14.7. The summed E-state index contributed by atoms with van der Waals surface area (Å²) < 4.78 is 4.69. The van der Waals surface area contributed by atoms with Crippen LogP contribution in [0.3, 0.4) is 0 Å². The lowest BCUT2D eigenvalue weighted by atomic mass is 10.1. The van der Waals surface area contributed by atoms with Gasteiger partial charge in [0.15, 0.2) is 11.0 Å². The van der Waals surface area contributed by atoms with E-state index >= 15 is 0 Å². The number of carbonyl (C=O) groups excluding carboxylic acids is 2. The van der Waals surface area contributed by atoms with Crippen molar-refractivity contribution in [2.75, 3.05) is 13.7 Å². The Morgan fingerprint density at radius 2 is 2.07 bits per heavy atom. The summed E-state index contributed by atoms with van der Waals surface area (Å²) in [6, 6.07) is 12.3. The molecular weight excluding hydrogens is 362 g/mol. The number of rotatable bonds is 5. The fourth-order valence-corrected chi connectivity index (χ4v) is 3.38. The highest BCUT2D eigenvalue weighted by Crippen LogP contribution is 2.33. The Labute approximate surface area is 161 Å². The van der Waals surface area contributed by atoms with Gasteiger partial charge < -0.3 is 4.74 Å². The summed E-state index contributed by atoms with van der Waals surface area (Å²) >= 11 is 1.28. The first-order valence-corrected chi connectivity index (χ1v) is 8.94. The molecule has 0 unspecified atom stereocenters. The highest BCUT2D eigenvalue weighted by atomic mass is 32.2. The van der Waals surface area contributed by atoms with Crippen molar-refractivity contribution in [1.82, 2.24) is 9.88 Å². The van der Waals surface area contributed by atoms with Gasteiger partial charge in [-0.2, -0.15) is 0 Å². The number of ether oxygens (including phenoxy) is 1. The van der Waals surface area contributed by atoms with Crippen molar-refractivity contribution in [1.29, 1.82) is 0 Å². The van der Waals surface area contributed by atoms with E-state index in [-0.39, 0.29) is 5.91 Å². The maximum Gasteiger partial charge on any atom is 0.337 e. The molecule has 2 aromatic rings. The zero-order valence-corrected chi connectivity index (χ0v) is 15.5. The van der Waals surface area contributed by atoms with Crippen molar-refractivity contribution >= 4 is 40.7 Å². The van der Waals surface area contributed by atoms with Gasteiger partial charge in [-0.3, -0.25) is 9.69 Å². The number of nitrogens with zero attached hydrogens (tertiary/aromatic N) is 3. The van der Waals surface area contributed by atoms with Crippen LogP contribution in [0.5, 0.6) is 0 Å². The molecule has 27 heavy (non-hydrogen) atoms. The topological polar surface area (TPSA) is 71.9 Å². The Morgan fingerprint density at radius 3 is 2.70 bits per heavy atom.